The van der Waals surface area contributed by atoms with Crippen molar-refractivity contribution in [1.29, 1.82) is 5.26 Å². The molecule has 6 heteroatoms. The maximum absolute atomic E-state index is 9.35. The van der Waals surface area contributed by atoms with Crippen molar-refractivity contribution in [2.75, 3.05) is 5.32 Å². The molecule has 0 saturated carbocycles. The number of aryl methyl sites for hydroxylation is 1. The maximum atomic E-state index is 9.35. The number of halogens is 1. The van der Waals surface area contributed by atoms with E-state index in [0.29, 0.717) is 17.1 Å². The zero-order valence-electron chi connectivity index (χ0n) is 13.8. The number of nitrogens with zero attached hydrogens (tertiary/aromatic N) is 3. The standard InChI is InChI=1S/C20H13ClN4S/c1-12-16(13-7-3-2-4-8-13)17-18(24-20(21)25-19(17)26-12)23-15-10-6-5-9-14(15)11-22/h2-10H,1H3,(H,23,24,25). The number of rotatable bonds is 3. The van der Waals surface area contributed by atoms with Gasteiger partial charge in [0, 0.05) is 10.4 Å². The predicted octanol–water partition coefficient (Wildman–Crippen LogP) is 5.94. The van der Waals surface area contributed by atoms with E-state index in [9.17, 15) is 5.26 Å². The Balaban J connectivity index is 1.96. The molecule has 4 rings (SSSR count). The lowest BCUT2D eigenvalue weighted by Gasteiger charge is -2.10. The summed E-state index contributed by atoms with van der Waals surface area (Å²) in [6.07, 6.45) is 0. The fraction of sp³-hybridized carbons (Fsp3) is 0.0500. The van der Waals surface area contributed by atoms with Crippen LogP contribution in [-0.4, -0.2) is 9.97 Å². The van der Waals surface area contributed by atoms with Gasteiger partial charge in [-0.2, -0.15) is 10.2 Å². The summed E-state index contributed by atoms with van der Waals surface area (Å²) in [5.74, 6) is 0.603. The van der Waals surface area contributed by atoms with Crippen LogP contribution in [-0.2, 0) is 0 Å². The van der Waals surface area contributed by atoms with Crippen molar-refractivity contribution < 1.29 is 0 Å². The minimum atomic E-state index is 0.176. The molecule has 2 aromatic carbocycles. The van der Waals surface area contributed by atoms with Gasteiger partial charge in [-0.3, -0.25) is 0 Å². The van der Waals surface area contributed by atoms with Crippen molar-refractivity contribution in [3.05, 3.63) is 70.3 Å². The van der Waals surface area contributed by atoms with E-state index in [1.165, 1.54) is 0 Å². The summed E-state index contributed by atoms with van der Waals surface area (Å²) < 4.78 is 0. The number of para-hydroxylation sites is 1. The Kier molecular flexibility index (Phi) is 4.29. The zero-order valence-corrected chi connectivity index (χ0v) is 15.4. The fourth-order valence-corrected chi connectivity index (χ4v) is 4.21. The quantitative estimate of drug-likeness (QED) is 0.450. The Labute approximate surface area is 159 Å². The molecule has 4 nitrogen and oxygen atoms in total. The Morgan fingerprint density at radius 3 is 2.54 bits per heavy atom. The van der Waals surface area contributed by atoms with Crippen molar-refractivity contribution in [3.8, 4) is 17.2 Å². The van der Waals surface area contributed by atoms with Crippen LogP contribution in [0, 0.1) is 18.3 Å². The third kappa shape index (κ3) is 2.90. The third-order valence-corrected chi connectivity index (χ3v) is 5.23. The third-order valence-electron chi connectivity index (χ3n) is 4.06. The molecule has 0 saturated heterocycles. The molecule has 0 radical (unpaired) electrons. The highest BCUT2D eigenvalue weighted by atomic mass is 35.5. The highest BCUT2D eigenvalue weighted by molar-refractivity contribution is 7.19. The van der Waals surface area contributed by atoms with Gasteiger partial charge in [-0.05, 0) is 36.2 Å². The molecule has 4 aromatic rings. The molecule has 2 aromatic heterocycles. The average molecular weight is 377 g/mol. The molecule has 0 amide bonds. The van der Waals surface area contributed by atoms with Crippen molar-refractivity contribution in [3.63, 3.8) is 0 Å². The number of fused-ring (bicyclic) bond motifs is 1. The molecule has 0 fully saturated rings. The highest BCUT2D eigenvalue weighted by Crippen LogP contribution is 2.41. The first-order valence-electron chi connectivity index (χ1n) is 7.95. The largest absolute Gasteiger partial charge is 0.338 e. The zero-order chi connectivity index (χ0) is 18.1. The van der Waals surface area contributed by atoms with Gasteiger partial charge in [0.2, 0.25) is 5.28 Å². The van der Waals surface area contributed by atoms with E-state index in [2.05, 4.69) is 40.4 Å². The molecule has 0 aliphatic heterocycles. The lowest BCUT2D eigenvalue weighted by Crippen LogP contribution is -1.98. The molecular formula is C20H13ClN4S. The van der Waals surface area contributed by atoms with E-state index in [0.717, 1.165) is 26.2 Å². The van der Waals surface area contributed by atoms with Crippen LogP contribution in [0.4, 0.5) is 11.5 Å². The van der Waals surface area contributed by atoms with Crippen LogP contribution in [0.5, 0.6) is 0 Å². The molecular weight excluding hydrogens is 364 g/mol. The van der Waals surface area contributed by atoms with Gasteiger partial charge < -0.3 is 5.32 Å². The van der Waals surface area contributed by atoms with Gasteiger partial charge in [0.25, 0.3) is 0 Å². The molecule has 0 aliphatic rings. The number of benzene rings is 2. The van der Waals surface area contributed by atoms with Crippen molar-refractivity contribution in [2.24, 2.45) is 0 Å². The molecule has 0 atom stereocenters. The second-order valence-corrected chi connectivity index (χ2v) is 7.24. The Bertz CT molecular complexity index is 1150. The van der Waals surface area contributed by atoms with Crippen LogP contribution in [0.1, 0.15) is 10.4 Å². The summed E-state index contributed by atoms with van der Waals surface area (Å²) in [5.41, 5.74) is 3.41. The smallest absolute Gasteiger partial charge is 0.225 e. The number of thiophene rings is 1. The SMILES string of the molecule is Cc1sc2nc(Cl)nc(Nc3ccccc3C#N)c2c1-c1ccccc1. The molecule has 0 unspecified atom stereocenters. The van der Waals surface area contributed by atoms with Crippen molar-refractivity contribution >= 4 is 44.7 Å². The van der Waals surface area contributed by atoms with Gasteiger partial charge in [0.05, 0.1) is 16.6 Å². The first-order valence-corrected chi connectivity index (χ1v) is 9.15. The predicted molar refractivity (Wildman–Crippen MR) is 107 cm³/mol. The van der Waals surface area contributed by atoms with Crippen LogP contribution in [0.3, 0.4) is 0 Å². The number of hydrogen-bond acceptors (Lipinski definition) is 5. The average Bonchev–Trinajstić information content (AvgIpc) is 2.98. The van der Waals surface area contributed by atoms with Gasteiger partial charge in [0.1, 0.15) is 16.7 Å². The minimum absolute atomic E-state index is 0.176. The number of nitrogens with one attached hydrogen (secondary N) is 1. The Morgan fingerprint density at radius 2 is 1.77 bits per heavy atom. The first-order chi connectivity index (χ1) is 12.7. The van der Waals surface area contributed by atoms with Crippen LogP contribution in [0.2, 0.25) is 5.28 Å². The number of hydrogen-bond donors (Lipinski definition) is 1. The maximum Gasteiger partial charge on any atom is 0.225 e. The summed E-state index contributed by atoms with van der Waals surface area (Å²) in [7, 11) is 0. The number of anilines is 2. The van der Waals surface area contributed by atoms with Gasteiger partial charge in [-0.1, -0.05) is 42.5 Å². The molecule has 1 N–H and O–H groups in total. The molecule has 26 heavy (non-hydrogen) atoms. The Hall–Kier alpha value is -2.94. The summed E-state index contributed by atoms with van der Waals surface area (Å²) in [6.45, 7) is 2.07. The van der Waals surface area contributed by atoms with E-state index in [4.69, 9.17) is 11.6 Å². The molecule has 0 bridgehead atoms. The van der Waals surface area contributed by atoms with E-state index in [-0.39, 0.29) is 5.28 Å². The molecule has 126 valence electrons. The summed E-state index contributed by atoms with van der Waals surface area (Å²) in [6, 6.07) is 19.6. The van der Waals surface area contributed by atoms with Gasteiger partial charge >= 0.3 is 0 Å². The van der Waals surface area contributed by atoms with E-state index >= 15 is 0 Å². The lowest BCUT2D eigenvalue weighted by molar-refractivity contribution is 1.23. The lowest BCUT2D eigenvalue weighted by atomic mass is 10.0. The number of aromatic nitrogens is 2. The molecule has 0 spiro atoms. The summed E-state index contributed by atoms with van der Waals surface area (Å²) >= 11 is 7.73. The highest BCUT2D eigenvalue weighted by Gasteiger charge is 2.18. The van der Waals surface area contributed by atoms with Gasteiger partial charge in [-0.15, -0.1) is 11.3 Å². The number of nitriles is 1. The van der Waals surface area contributed by atoms with Crippen LogP contribution >= 0.6 is 22.9 Å². The van der Waals surface area contributed by atoms with Gasteiger partial charge in [0.15, 0.2) is 0 Å². The topological polar surface area (TPSA) is 61.6 Å². The molecule has 2 heterocycles. The van der Waals surface area contributed by atoms with E-state index in [1.54, 1.807) is 17.4 Å². The van der Waals surface area contributed by atoms with Crippen LogP contribution in [0.25, 0.3) is 21.3 Å². The first kappa shape index (κ1) is 16.5. The van der Waals surface area contributed by atoms with Crippen LogP contribution in [0.15, 0.2) is 54.6 Å². The van der Waals surface area contributed by atoms with Crippen molar-refractivity contribution in [1.82, 2.24) is 9.97 Å². The summed E-state index contributed by atoms with van der Waals surface area (Å²) in [5, 5.41) is 13.7. The van der Waals surface area contributed by atoms with Crippen molar-refractivity contribution in [2.45, 2.75) is 6.92 Å². The van der Waals surface area contributed by atoms with Gasteiger partial charge in [-0.25, -0.2) is 4.98 Å². The second kappa shape index (κ2) is 6.75. The van der Waals surface area contributed by atoms with E-state index in [1.807, 2.05) is 36.4 Å². The minimum Gasteiger partial charge on any atom is -0.338 e. The molecule has 0 aliphatic carbocycles. The normalized spacial score (nSPS) is 10.7. The van der Waals surface area contributed by atoms with E-state index < -0.39 is 0 Å². The fourth-order valence-electron chi connectivity index (χ4n) is 2.95. The van der Waals surface area contributed by atoms with Crippen LogP contribution < -0.4 is 5.32 Å². The monoisotopic (exact) mass is 376 g/mol. The second-order valence-electron chi connectivity index (χ2n) is 5.70. The summed E-state index contributed by atoms with van der Waals surface area (Å²) in [4.78, 5) is 10.8. The Morgan fingerprint density at radius 1 is 1.04 bits per heavy atom.